The molecule has 0 aliphatic heterocycles. The van der Waals surface area contributed by atoms with E-state index in [9.17, 15) is 9.18 Å². The molecular weight excluding hydrogens is 231 g/mol. The highest BCUT2D eigenvalue weighted by Gasteiger charge is 2.25. The van der Waals surface area contributed by atoms with Crippen LogP contribution in [0.4, 0.5) is 4.39 Å². The molecule has 1 atom stereocenters. The molecule has 0 aliphatic carbocycles. The van der Waals surface area contributed by atoms with Crippen molar-refractivity contribution in [2.24, 2.45) is 0 Å². The van der Waals surface area contributed by atoms with Crippen LogP contribution in [0.5, 0.6) is 0 Å². The Labute approximate surface area is 57.5 Å². The molecule has 0 N–H and O–H groups in total. The molecule has 0 aliphatic rings. The lowest BCUT2D eigenvalue weighted by atomic mass is 10.5. The molecule has 0 bridgehead atoms. The van der Waals surface area contributed by atoms with Gasteiger partial charge in [-0.1, -0.05) is 0 Å². The van der Waals surface area contributed by atoms with E-state index in [0.29, 0.717) is 0 Å². The summed E-state index contributed by atoms with van der Waals surface area (Å²) >= 11 is 4.91. The molecular formula is C3H3Br2FO. The molecule has 42 valence electrons. The monoisotopic (exact) mass is 232 g/mol. The van der Waals surface area contributed by atoms with Crippen molar-refractivity contribution in [2.45, 2.75) is 11.5 Å². The zero-order chi connectivity index (χ0) is 6.08. The van der Waals surface area contributed by atoms with Crippen molar-refractivity contribution in [1.82, 2.24) is 0 Å². The third-order valence-electron chi connectivity index (χ3n) is 0.345. The maximum Gasteiger partial charge on any atom is 0.245 e. The van der Waals surface area contributed by atoms with Crippen molar-refractivity contribution in [3.8, 4) is 0 Å². The van der Waals surface area contributed by atoms with Crippen LogP contribution in [0.1, 0.15) is 6.92 Å². The summed E-state index contributed by atoms with van der Waals surface area (Å²) in [4.78, 5) is 9.96. The van der Waals surface area contributed by atoms with Gasteiger partial charge in [0, 0.05) is 0 Å². The Morgan fingerprint density at radius 3 is 2.00 bits per heavy atom. The molecule has 1 nitrogen and oxygen atoms in total. The number of rotatable bonds is 1. The number of alkyl halides is 2. The number of hydrogen-bond acceptors (Lipinski definition) is 1. The highest BCUT2D eigenvalue weighted by atomic mass is 79.9. The fraction of sp³-hybridized carbons (Fsp3) is 0.667. The number of carbonyl (C=O) groups is 1. The van der Waals surface area contributed by atoms with E-state index in [4.69, 9.17) is 0 Å². The van der Waals surface area contributed by atoms with Gasteiger partial charge in [0.1, 0.15) is 0 Å². The van der Waals surface area contributed by atoms with E-state index < -0.39 is 9.27 Å². The van der Waals surface area contributed by atoms with Gasteiger partial charge in [-0.2, -0.15) is 0 Å². The standard InChI is InChI=1S/C3H3Br2FO/c1-3(5,6)2(4)7/h1H3. The van der Waals surface area contributed by atoms with E-state index in [1.807, 2.05) is 0 Å². The molecule has 0 amide bonds. The van der Waals surface area contributed by atoms with Gasteiger partial charge in [0.2, 0.25) is 9.27 Å². The van der Waals surface area contributed by atoms with E-state index in [1.165, 1.54) is 0 Å². The Hall–Kier alpha value is 0.560. The molecule has 0 radical (unpaired) electrons. The summed E-state index contributed by atoms with van der Waals surface area (Å²) in [6.07, 6.45) is 0. The Morgan fingerprint density at radius 1 is 1.86 bits per heavy atom. The van der Waals surface area contributed by atoms with Crippen LogP contribution >= 0.6 is 31.9 Å². The maximum atomic E-state index is 12.0. The highest BCUT2D eigenvalue weighted by molar-refractivity contribution is 9.20. The summed E-state index contributed by atoms with van der Waals surface area (Å²) in [6.45, 7) is 1.12. The first kappa shape index (κ1) is 7.56. The smallest absolute Gasteiger partial charge is 0.245 e. The summed E-state index contributed by atoms with van der Waals surface area (Å²) in [5.41, 5.74) is 0. The van der Waals surface area contributed by atoms with Crippen molar-refractivity contribution in [2.75, 3.05) is 0 Å². The van der Waals surface area contributed by atoms with Crippen molar-refractivity contribution >= 4 is 36.6 Å². The van der Waals surface area contributed by atoms with Crippen LogP contribution < -0.4 is 0 Å². The Balaban J connectivity index is 3.79. The molecule has 0 saturated heterocycles. The summed E-state index contributed by atoms with van der Waals surface area (Å²) in [7, 11) is 0. The predicted octanol–water partition coefficient (Wildman–Crippen LogP) is 1.99. The molecule has 0 rings (SSSR count). The van der Waals surface area contributed by atoms with E-state index >= 15 is 0 Å². The molecule has 1 unspecified atom stereocenters. The van der Waals surface area contributed by atoms with Crippen molar-refractivity contribution < 1.29 is 9.18 Å². The number of halogens is 3. The van der Waals surface area contributed by atoms with E-state index in [1.54, 1.807) is 0 Å². The molecule has 7 heavy (non-hydrogen) atoms. The van der Waals surface area contributed by atoms with Crippen LogP contribution in [0.15, 0.2) is 0 Å². The Bertz CT molecular complexity index is 85.4. The molecule has 0 aromatic rings. The molecule has 0 aromatic heterocycles. The average molecular weight is 234 g/mol. The second-order valence-corrected chi connectivity index (χ2v) is 3.37. The topological polar surface area (TPSA) is 17.1 Å². The van der Waals surface area contributed by atoms with Gasteiger partial charge >= 0.3 is 0 Å². The second kappa shape index (κ2) is 2.22. The Morgan fingerprint density at radius 2 is 2.00 bits per heavy atom. The van der Waals surface area contributed by atoms with E-state index in [0.717, 1.165) is 6.92 Å². The van der Waals surface area contributed by atoms with E-state index in [2.05, 4.69) is 31.9 Å². The zero-order valence-corrected chi connectivity index (χ0v) is 6.71. The van der Waals surface area contributed by atoms with Gasteiger partial charge in [-0.15, -0.1) is 0 Å². The quantitative estimate of drug-likeness (QED) is 0.500. The number of hydrogen-bond donors (Lipinski definition) is 0. The molecule has 0 saturated carbocycles. The summed E-state index contributed by atoms with van der Waals surface area (Å²) in [5.74, 6) is 0. The molecule has 0 spiro atoms. The average Bonchev–Trinajstić information content (AvgIpc) is 1.31. The first-order valence-electron chi connectivity index (χ1n) is 1.52. The van der Waals surface area contributed by atoms with Crippen LogP contribution in [0.3, 0.4) is 0 Å². The van der Waals surface area contributed by atoms with Gasteiger partial charge in [0.15, 0.2) is 0 Å². The van der Waals surface area contributed by atoms with Crippen LogP contribution in [-0.2, 0) is 4.79 Å². The molecule has 4 heteroatoms. The highest BCUT2D eigenvalue weighted by Crippen LogP contribution is 2.22. The normalized spacial score (nSPS) is 18.3. The van der Waals surface area contributed by atoms with Crippen molar-refractivity contribution in [3.63, 3.8) is 0 Å². The van der Waals surface area contributed by atoms with Crippen molar-refractivity contribution in [1.29, 1.82) is 0 Å². The summed E-state index contributed by atoms with van der Waals surface area (Å²) in [5, 5.41) is 0. The third-order valence-corrected chi connectivity index (χ3v) is 1.98. The minimum atomic E-state index is -1.91. The number of carbonyl (C=O) groups excluding carboxylic acids is 1. The summed E-state index contributed by atoms with van der Waals surface area (Å²) in [6, 6.07) is 0. The Kier molecular flexibility index (Phi) is 2.40. The molecule has 0 fully saturated rings. The fourth-order valence-corrected chi connectivity index (χ4v) is 0. The second-order valence-electron chi connectivity index (χ2n) is 1.16. The largest absolute Gasteiger partial charge is 0.282 e. The van der Waals surface area contributed by atoms with Crippen LogP contribution in [0.2, 0.25) is 0 Å². The van der Waals surface area contributed by atoms with Gasteiger partial charge in [-0.25, -0.2) is 4.39 Å². The van der Waals surface area contributed by atoms with Gasteiger partial charge in [0.25, 0.3) is 0 Å². The minimum absolute atomic E-state index is 0.694. The lowest BCUT2D eigenvalue weighted by molar-refractivity contribution is -0.115. The zero-order valence-electron chi connectivity index (χ0n) is 3.54. The summed E-state index contributed by atoms with van der Waals surface area (Å²) < 4.78 is 9.43. The lowest BCUT2D eigenvalue weighted by Crippen LogP contribution is -2.14. The maximum absolute atomic E-state index is 12.0. The predicted molar refractivity (Wildman–Crippen MR) is 32.4 cm³/mol. The lowest BCUT2D eigenvalue weighted by Gasteiger charge is -2.01. The third kappa shape index (κ3) is 3.17. The van der Waals surface area contributed by atoms with Crippen molar-refractivity contribution in [3.05, 3.63) is 0 Å². The SMILES string of the molecule is CC(F)(Br)C(=O)Br. The van der Waals surface area contributed by atoms with Gasteiger partial charge in [-0.3, -0.25) is 4.79 Å². The van der Waals surface area contributed by atoms with Gasteiger partial charge < -0.3 is 0 Å². The molecule has 0 heterocycles. The van der Waals surface area contributed by atoms with E-state index in [-0.39, 0.29) is 0 Å². The first-order valence-corrected chi connectivity index (χ1v) is 3.11. The van der Waals surface area contributed by atoms with Crippen LogP contribution in [-0.4, -0.2) is 9.27 Å². The molecule has 0 aromatic carbocycles. The minimum Gasteiger partial charge on any atom is -0.282 e. The van der Waals surface area contributed by atoms with Crippen LogP contribution in [0.25, 0.3) is 0 Å². The van der Waals surface area contributed by atoms with Crippen LogP contribution in [0, 0.1) is 0 Å². The fourth-order valence-electron chi connectivity index (χ4n) is 0. The first-order chi connectivity index (χ1) is 2.94. The van der Waals surface area contributed by atoms with Gasteiger partial charge in [0.05, 0.1) is 0 Å². The van der Waals surface area contributed by atoms with Gasteiger partial charge in [-0.05, 0) is 38.8 Å².